The van der Waals surface area contributed by atoms with Crippen LogP contribution in [0.2, 0.25) is 0 Å². The van der Waals surface area contributed by atoms with Crippen LogP contribution in [-0.4, -0.2) is 43.6 Å². The highest BCUT2D eigenvalue weighted by atomic mass is 32.1. The molecule has 27 aromatic rings. The van der Waals surface area contributed by atoms with Crippen molar-refractivity contribution in [2.45, 2.75) is 0 Å². The predicted octanol–water partition coefficient (Wildman–Crippen LogP) is 31.8. The first-order chi connectivity index (χ1) is 66.4. The summed E-state index contributed by atoms with van der Waals surface area (Å²) in [5.74, 6) is 4.42. The molecule has 19 aromatic carbocycles. The van der Waals surface area contributed by atoms with Gasteiger partial charge in [0, 0.05) is 114 Å². The van der Waals surface area contributed by atoms with E-state index < -0.39 is 0 Å². The van der Waals surface area contributed by atoms with Crippen LogP contribution in [0.25, 0.3) is 214 Å². The largest absolute Gasteiger partial charge is 0.456 e. The van der Waals surface area contributed by atoms with Gasteiger partial charge in [-0.3, -0.25) is 28.4 Å². The molecule has 0 aliphatic carbocycles. The van der Waals surface area contributed by atoms with Crippen molar-refractivity contribution in [3.05, 3.63) is 425 Å². The van der Waals surface area contributed by atoms with E-state index in [1.165, 1.54) is 37.5 Å². The molecule has 0 saturated heterocycles. The van der Waals surface area contributed by atoms with Gasteiger partial charge in [-0.25, -0.2) is 29.9 Å². The molecule has 0 saturated carbocycles. The molecule has 626 valence electrons. The summed E-state index contributed by atoms with van der Waals surface area (Å²) < 4.78 is 28.3. The third kappa shape index (κ3) is 11.7. The van der Waals surface area contributed by atoms with E-state index in [2.05, 4.69) is 386 Å². The Morgan fingerprint density at radius 2 is 0.567 bits per heavy atom. The highest BCUT2D eigenvalue weighted by Gasteiger charge is 2.35. The standard InChI is InChI=1S/C46H28N6S.C37H21N3O2.C35H21N3O/c1-3-15-29(16-4-1)43-48-44(30-17-5-2-6-18-30)50-45(49-43)36-28-31(27-35-34-21-9-14-26-41(34)53-42(35)36)51-38-23-11-7-19-32(38)33-20-8-12-24-39(33)52-40-25-13-10-22-37(40)47-46(51)52;1-5-13-30-23(9-1)24-10-2-6-14-31(24)40-32-15-7-4-12-29(32)38-37(40)39(30)22-17-20-34-28(21-22)27-19-18-26-25-11-3-8-16-33(25)41-35(26)36(27)42-34;1-2-10-23-20-34-27(19-22(23)9-1)28-21-24(17-18-33(28)39-34)37-30-14-6-3-11-25(30)26-12-4-7-15-31(26)38-32-16-8-5-13-29(32)36-35(37)38/h1-28H;1-21H;1-21H. The summed E-state index contributed by atoms with van der Waals surface area (Å²) in [6.45, 7) is 0. The van der Waals surface area contributed by atoms with Crippen LogP contribution < -0.4 is 14.7 Å². The van der Waals surface area contributed by atoms with Gasteiger partial charge in [-0.1, -0.05) is 267 Å². The Hall–Kier alpha value is -18.1. The number of benzene rings is 19. The molecule has 11 heterocycles. The molecule has 30 rings (SSSR count). The Kier molecular flexibility index (Phi) is 16.6. The number of imidazole rings is 3. The molecular weight excluding hydrogens is 1670 g/mol. The minimum absolute atomic E-state index is 0.621. The molecule has 15 nitrogen and oxygen atoms in total. The fourth-order valence-electron chi connectivity index (χ4n) is 20.4. The number of fused-ring (bicyclic) bond motifs is 35. The van der Waals surface area contributed by atoms with Gasteiger partial charge in [-0.15, -0.1) is 11.3 Å². The molecule has 0 atom stereocenters. The number of para-hydroxylation sites is 13. The van der Waals surface area contributed by atoms with E-state index in [4.69, 9.17) is 43.2 Å². The van der Waals surface area contributed by atoms with Gasteiger partial charge in [0.2, 0.25) is 17.8 Å². The SMILES string of the molecule is c1ccc(-c2nc(-c3ccccc3)nc(-c3cc(N4c5ccccc5-c5ccccc5-n5c4nc4ccccc45)cc4c3sc3ccccc34)n2)cc1.c1ccc2c(c1)-c1ccccc1-n1c(nc3ccccc31)N2c1ccc2oc3c(ccc4c5ccccc5oc43)c2c1.c1ccc2c(c1)-c1ccccc1-n1c(nc3ccccc31)N2c1ccc2oc3cc4ccccc4cc3c2c1. The number of aromatic nitrogens is 9. The second-order valence-corrected chi connectivity index (χ2v) is 35.1. The highest BCUT2D eigenvalue weighted by molar-refractivity contribution is 7.26. The lowest BCUT2D eigenvalue weighted by atomic mass is 10.0. The smallest absolute Gasteiger partial charge is 0.220 e. The second-order valence-electron chi connectivity index (χ2n) is 34.0. The van der Waals surface area contributed by atoms with Gasteiger partial charge in [0.1, 0.15) is 22.3 Å². The number of hydrogen-bond donors (Lipinski definition) is 0. The molecule has 3 aliphatic heterocycles. The van der Waals surface area contributed by atoms with Gasteiger partial charge < -0.3 is 13.3 Å². The zero-order valence-electron chi connectivity index (χ0n) is 71.4. The molecule has 0 amide bonds. The summed E-state index contributed by atoms with van der Waals surface area (Å²) in [6.07, 6.45) is 0. The van der Waals surface area contributed by atoms with E-state index in [0.717, 1.165) is 211 Å². The number of thiophene rings is 1. The Balaban J connectivity index is 0.000000101. The molecule has 8 aromatic heterocycles. The Morgan fingerprint density at radius 1 is 0.209 bits per heavy atom. The first-order valence-electron chi connectivity index (χ1n) is 44.8. The van der Waals surface area contributed by atoms with Crippen LogP contribution in [0.1, 0.15) is 0 Å². The fraction of sp³-hybridized carbons (Fsp3) is 0. The summed E-state index contributed by atoms with van der Waals surface area (Å²) in [7, 11) is 0. The Bertz CT molecular complexity index is 9500. The first-order valence-corrected chi connectivity index (χ1v) is 45.6. The van der Waals surface area contributed by atoms with Crippen molar-refractivity contribution in [1.29, 1.82) is 0 Å². The van der Waals surface area contributed by atoms with Crippen LogP contribution in [0.5, 0.6) is 0 Å². The van der Waals surface area contributed by atoms with Crippen LogP contribution in [0.3, 0.4) is 0 Å². The summed E-state index contributed by atoms with van der Waals surface area (Å²) in [5.41, 5.74) is 30.4. The second kappa shape index (κ2) is 29.7. The maximum Gasteiger partial charge on any atom is 0.220 e. The minimum atomic E-state index is 0.621. The molecule has 16 heteroatoms. The van der Waals surface area contributed by atoms with Gasteiger partial charge in [-0.2, -0.15) is 0 Å². The summed E-state index contributed by atoms with van der Waals surface area (Å²) >= 11 is 1.77. The van der Waals surface area contributed by atoms with Crippen molar-refractivity contribution in [2.24, 2.45) is 0 Å². The number of anilines is 9. The Morgan fingerprint density at radius 3 is 1.07 bits per heavy atom. The van der Waals surface area contributed by atoms with Crippen LogP contribution in [-0.2, 0) is 0 Å². The van der Waals surface area contributed by atoms with Crippen molar-refractivity contribution in [3.8, 4) is 84.6 Å². The molecule has 0 unspecified atom stereocenters. The highest BCUT2D eigenvalue weighted by Crippen LogP contribution is 2.55. The zero-order chi connectivity index (χ0) is 87.7. The molecule has 134 heavy (non-hydrogen) atoms. The summed E-state index contributed by atoms with van der Waals surface area (Å²) in [6, 6.07) is 148. The van der Waals surface area contributed by atoms with Gasteiger partial charge in [0.25, 0.3) is 0 Å². The van der Waals surface area contributed by atoms with Crippen LogP contribution in [0.4, 0.5) is 52.0 Å². The van der Waals surface area contributed by atoms with Crippen LogP contribution in [0, 0.1) is 0 Å². The van der Waals surface area contributed by atoms with Crippen molar-refractivity contribution in [1.82, 2.24) is 43.6 Å². The lowest BCUT2D eigenvalue weighted by Crippen LogP contribution is -2.14. The number of nitrogens with zero attached hydrogens (tertiary/aromatic N) is 12. The van der Waals surface area contributed by atoms with Gasteiger partial charge in [0.05, 0.1) is 72.9 Å². The van der Waals surface area contributed by atoms with Gasteiger partial charge in [-0.05, 0) is 168 Å². The molecule has 0 spiro atoms. The van der Waals surface area contributed by atoms with Gasteiger partial charge in [0.15, 0.2) is 28.6 Å². The average Bonchev–Trinajstić information content (AvgIpc) is 1.57. The molecule has 0 N–H and O–H groups in total. The van der Waals surface area contributed by atoms with Crippen LogP contribution in [0.15, 0.2) is 438 Å². The predicted molar refractivity (Wildman–Crippen MR) is 546 cm³/mol. The number of hydrogen-bond acceptors (Lipinski definition) is 13. The monoisotopic (exact) mass is 1730 g/mol. The zero-order valence-corrected chi connectivity index (χ0v) is 72.2. The molecule has 0 fully saturated rings. The Labute approximate surface area is 768 Å². The van der Waals surface area contributed by atoms with E-state index in [9.17, 15) is 0 Å². The molecule has 3 aliphatic rings. The lowest BCUT2D eigenvalue weighted by Gasteiger charge is -2.25. The topological polar surface area (TPSA) is 141 Å². The number of rotatable bonds is 6. The van der Waals surface area contributed by atoms with Crippen molar-refractivity contribution in [2.75, 3.05) is 14.7 Å². The van der Waals surface area contributed by atoms with E-state index in [-0.39, 0.29) is 0 Å². The van der Waals surface area contributed by atoms with Crippen molar-refractivity contribution < 1.29 is 13.3 Å². The van der Waals surface area contributed by atoms with Crippen molar-refractivity contribution >= 4 is 193 Å². The van der Waals surface area contributed by atoms with Gasteiger partial charge >= 0.3 is 0 Å². The minimum Gasteiger partial charge on any atom is -0.456 e. The summed E-state index contributed by atoms with van der Waals surface area (Å²) in [4.78, 5) is 38.1. The summed E-state index contributed by atoms with van der Waals surface area (Å²) in [5, 5.41) is 11.1. The third-order valence-electron chi connectivity index (χ3n) is 26.4. The fourth-order valence-corrected chi connectivity index (χ4v) is 21.6. The molecule has 0 bridgehead atoms. The first kappa shape index (κ1) is 74.9. The molecule has 0 radical (unpaired) electrons. The molecular formula is C118H70N12O3S. The average molecular weight is 1740 g/mol. The van der Waals surface area contributed by atoms with Crippen LogP contribution >= 0.6 is 11.3 Å². The maximum absolute atomic E-state index is 6.47. The lowest BCUT2D eigenvalue weighted by molar-refractivity contribution is 0.633. The number of furan rings is 3. The van der Waals surface area contributed by atoms with Crippen molar-refractivity contribution in [3.63, 3.8) is 0 Å². The third-order valence-corrected chi connectivity index (χ3v) is 27.7. The van der Waals surface area contributed by atoms with E-state index >= 15 is 0 Å². The van der Waals surface area contributed by atoms with E-state index in [1.54, 1.807) is 11.3 Å². The van der Waals surface area contributed by atoms with E-state index in [1.807, 2.05) is 66.7 Å². The van der Waals surface area contributed by atoms with E-state index in [0.29, 0.717) is 17.5 Å². The normalized spacial score (nSPS) is 12.4. The maximum atomic E-state index is 6.47. The quantitative estimate of drug-likeness (QED) is 0.156.